The third-order valence-corrected chi connectivity index (χ3v) is 7.02. The Kier molecular flexibility index (Phi) is 5.88. The summed E-state index contributed by atoms with van der Waals surface area (Å²) in [7, 11) is 0. The Morgan fingerprint density at radius 2 is 1.86 bits per heavy atom. The van der Waals surface area contributed by atoms with E-state index in [-0.39, 0.29) is 12.4 Å². The first-order chi connectivity index (χ1) is 13.3. The number of hydrogen-bond donors (Lipinski definition) is 1. The highest BCUT2D eigenvalue weighted by molar-refractivity contribution is 7.13. The molecule has 4 heterocycles. The van der Waals surface area contributed by atoms with Gasteiger partial charge in [-0.1, -0.05) is 24.3 Å². The largest absolute Gasteiger partial charge is 0.317 e. The molecule has 0 aliphatic carbocycles. The van der Waals surface area contributed by atoms with E-state index in [0.717, 1.165) is 17.9 Å². The molecule has 148 valence electrons. The van der Waals surface area contributed by atoms with Crippen molar-refractivity contribution in [1.29, 1.82) is 0 Å². The lowest BCUT2D eigenvalue weighted by molar-refractivity contribution is 0.194. The van der Waals surface area contributed by atoms with Gasteiger partial charge in [-0.3, -0.25) is 4.90 Å². The van der Waals surface area contributed by atoms with Crippen LogP contribution in [0, 0.1) is 5.41 Å². The van der Waals surface area contributed by atoms with Gasteiger partial charge in [0, 0.05) is 24.8 Å². The Hall–Kier alpha value is -1.66. The molecule has 4 nitrogen and oxygen atoms in total. The molecule has 2 fully saturated rings. The minimum absolute atomic E-state index is 0. The first kappa shape index (κ1) is 19.6. The molecule has 0 unspecified atom stereocenters. The van der Waals surface area contributed by atoms with Crippen LogP contribution < -0.4 is 5.32 Å². The Bertz CT molecular complexity index is 885. The second kappa shape index (κ2) is 8.37. The molecule has 0 bridgehead atoms. The van der Waals surface area contributed by atoms with Crippen LogP contribution in [0.4, 0.5) is 0 Å². The molecule has 0 radical (unpaired) electrons. The lowest BCUT2D eigenvalue weighted by Gasteiger charge is -2.33. The number of halogens is 1. The molecule has 2 aliphatic heterocycles. The molecule has 2 saturated heterocycles. The maximum Gasteiger partial charge on any atom is 0.107 e. The first-order valence-corrected chi connectivity index (χ1v) is 10.8. The smallest absolute Gasteiger partial charge is 0.107 e. The standard InChI is InChI=1S/C22H26N4S.ClH/c1-2-5-19(6-3-1)26-16-18(21(24-26)20-7-4-14-27-20)15-25-13-10-22(17-25)8-11-23-12-9-22;/h1-7,14,16,23H,8-13,15,17H2;1H. The van der Waals surface area contributed by atoms with Crippen molar-refractivity contribution in [3.8, 4) is 16.3 Å². The third kappa shape index (κ3) is 3.90. The molecule has 5 rings (SSSR count). The normalized spacial score (nSPS) is 19.0. The molecule has 2 aromatic heterocycles. The maximum atomic E-state index is 4.96. The number of para-hydroxylation sites is 1. The lowest BCUT2D eigenvalue weighted by atomic mass is 9.78. The topological polar surface area (TPSA) is 33.1 Å². The van der Waals surface area contributed by atoms with E-state index in [1.807, 2.05) is 4.68 Å². The predicted molar refractivity (Wildman–Crippen MR) is 119 cm³/mol. The number of hydrogen-bond acceptors (Lipinski definition) is 4. The van der Waals surface area contributed by atoms with E-state index in [9.17, 15) is 0 Å². The van der Waals surface area contributed by atoms with Crippen LogP contribution in [0.2, 0.25) is 0 Å². The van der Waals surface area contributed by atoms with E-state index in [2.05, 4.69) is 64.3 Å². The van der Waals surface area contributed by atoms with Gasteiger partial charge in [0.05, 0.1) is 10.6 Å². The van der Waals surface area contributed by atoms with Gasteiger partial charge in [0.1, 0.15) is 5.69 Å². The summed E-state index contributed by atoms with van der Waals surface area (Å²) < 4.78 is 2.04. The second-order valence-electron chi connectivity index (χ2n) is 7.97. The number of likely N-dealkylation sites (tertiary alicyclic amines) is 1. The Labute approximate surface area is 177 Å². The van der Waals surface area contributed by atoms with Gasteiger partial charge in [-0.05, 0) is 67.9 Å². The Balaban J connectivity index is 0.00000192. The highest BCUT2D eigenvalue weighted by atomic mass is 35.5. The van der Waals surface area contributed by atoms with Crippen molar-refractivity contribution < 1.29 is 0 Å². The number of nitrogens with one attached hydrogen (secondary N) is 1. The van der Waals surface area contributed by atoms with Gasteiger partial charge in [-0.25, -0.2) is 4.68 Å². The number of thiophene rings is 1. The summed E-state index contributed by atoms with van der Waals surface area (Å²) >= 11 is 1.78. The minimum Gasteiger partial charge on any atom is -0.317 e. The van der Waals surface area contributed by atoms with Crippen LogP contribution in [-0.2, 0) is 6.54 Å². The average molecular weight is 415 g/mol. The fraction of sp³-hybridized carbons (Fsp3) is 0.409. The third-order valence-electron chi connectivity index (χ3n) is 6.14. The van der Waals surface area contributed by atoms with Gasteiger partial charge in [0.15, 0.2) is 0 Å². The van der Waals surface area contributed by atoms with Gasteiger partial charge in [0.2, 0.25) is 0 Å². The highest BCUT2D eigenvalue weighted by Gasteiger charge is 2.38. The van der Waals surface area contributed by atoms with Crippen molar-refractivity contribution in [1.82, 2.24) is 20.0 Å². The van der Waals surface area contributed by atoms with Crippen molar-refractivity contribution in [2.24, 2.45) is 5.41 Å². The van der Waals surface area contributed by atoms with Crippen molar-refractivity contribution in [2.45, 2.75) is 25.8 Å². The predicted octanol–water partition coefficient (Wildman–Crippen LogP) is 4.60. The molecular formula is C22H27ClN4S. The summed E-state index contributed by atoms with van der Waals surface area (Å²) in [4.78, 5) is 3.91. The quantitative estimate of drug-likeness (QED) is 0.677. The van der Waals surface area contributed by atoms with Crippen LogP contribution in [0.25, 0.3) is 16.3 Å². The number of aromatic nitrogens is 2. The monoisotopic (exact) mass is 414 g/mol. The molecule has 1 spiro atoms. The fourth-order valence-corrected chi connectivity index (χ4v) is 5.37. The number of nitrogens with zero attached hydrogens (tertiary/aromatic N) is 3. The molecule has 1 N–H and O–H groups in total. The Morgan fingerprint density at radius 1 is 1.04 bits per heavy atom. The summed E-state index contributed by atoms with van der Waals surface area (Å²) in [5.74, 6) is 0. The van der Waals surface area contributed by atoms with Gasteiger partial charge in [-0.15, -0.1) is 23.7 Å². The summed E-state index contributed by atoms with van der Waals surface area (Å²) in [6, 6.07) is 14.7. The zero-order chi connectivity index (χ0) is 18.1. The molecule has 1 aromatic carbocycles. The summed E-state index contributed by atoms with van der Waals surface area (Å²) in [5.41, 5.74) is 4.15. The number of piperidine rings is 1. The maximum absolute atomic E-state index is 4.96. The van der Waals surface area contributed by atoms with Gasteiger partial charge < -0.3 is 5.32 Å². The van der Waals surface area contributed by atoms with Gasteiger partial charge >= 0.3 is 0 Å². The van der Waals surface area contributed by atoms with E-state index in [0.29, 0.717) is 5.41 Å². The first-order valence-electron chi connectivity index (χ1n) is 9.92. The van der Waals surface area contributed by atoms with Crippen LogP contribution in [0.1, 0.15) is 24.8 Å². The Morgan fingerprint density at radius 3 is 2.61 bits per heavy atom. The van der Waals surface area contributed by atoms with Crippen molar-refractivity contribution in [3.63, 3.8) is 0 Å². The summed E-state index contributed by atoms with van der Waals surface area (Å²) in [5, 5.41) is 10.6. The van der Waals surface area contributed by atoms with Crippen LogP contribution in [0.15, 0.2) is 54.0 Å². The van der Waals surface area contributed by atoms with Crippen LogP contribution in [0.3, 0.4) is 0 Å². The van der Waals surface area contributed by atoms with Gasteiger partial charge in [-0.2, -0.15) is 5.10 Å². The molecular weight excluding hydrogens is 388 g/mol. The lowest BCUT2D eigenvalue weighted by Crippen LogP contribution is -2.38. The average Bonchev–Trinajstić information content (AvgIpc) is 3.44. The zero-order valence-corrected chi connectivity index (χ0v) is 17.6. The number of benzene rings is 1. The molecule has 0 amide bonds. The number of rotatable bonds is 4. The summed E-state index contributed by atoms with van der Waals surface area (Å²) in [6.45, 7) is 5.80. The van der Waals surface area contributed by atoms with Gasteiger partial charge in [0.25, 0.3) is 0 Å². The van der Waals surface area contributed by atoms with E-state index in [1.165, 1.54) is 55.9 Å². The van der Waals surface area contributed by atoms with E-state index >= 15 is 0 Å². The van der Waals surface area contributed by atoms with Crippen LogP contribution in [-0.4, -0.2) is 40.9 Å². The van der Waals surface area contributed by atoms with Crippen LogP contribution >= 0.6 is 23.7 Å². The molecule has 0 atom stereocenters. The molecule has 28 heavy (non-hydrogen) atoms. The van der Waals surface area contributed by atoms with E-state index < -0.39 is 0 Å². The highest BCUT2D eigenvalue weighted by Crippen LogP contribution is 2.39. The van der Waals surface area contributed by atoms with Crippen molar-refractivity contribution >= 4 is 23.7 Å². The van der Waals surface area contributed by atoms with E-state index in [1.54, 1.807) is 11.3 Å². The summed E-state index contributed by atoms with van der Waals surface area (Å²) in [6.07, 6.45) is 6.22. The molecule has 3 aromatic rings. The molecule has 6 heteroatoms. The van der Waals surface area contributed by atoms with Crippen LogP contribution in [0.5, 0.6) is 0 Å². The SMILES string of the molecule is Cl.c1ccc(-n2cc(CN3CCC4(CCNCC4)C3)c(-c3cccs3)n2)cc1. The molecule has 0 saturated carbocycles. The minimum atomic E-state index is 0. The zero-order valence-electron chi connectivity index (χ0n) is 16.0. The second-order valence-corrected chi connectivity index (χ2v) is 8.92. The van der Waals surface area contributed by atoms with Crippen molar-refractivity contribution in [2.75, 3.05) is 26.2 Å². The van der Waals surface area contributed by atoms with E-state index in [4.69, 9.17) is 5.10 Å². The van der Waals surface area contributed by atoms with Crippen molar-refractivity contribution in [3.05, 3.63) is 59.6 Å². The fourth-order valence-electron chi connectivity index (χ4n) is 4.63. The molecule has 2 aliphatic rings.